The molecule has 128 valence electrons. The number of carboxylic acid groups (broad SMARTS) is 1. The molecule has 0 aliphatic carbocycles. The fourth-order valence-electron chi connectivity index (χ4n) is 2.70. The van der Waals surface area contributed by atoms with Crippen molar-refractivity contribution in [3.63, 3.8) is 0 Å². The molecule has 0 amide bonds. The highest BCUT2D eigenvalue weighted by molar-refractivity contribution is 5.89. The molecule has 0 aliphatic heterocycles. The van der Waals surface area contributed by atoms with Crippen molar-refractivity contribution in [2.24, 2.45) is 0 Å². The van der Waals surface area contributed by atoms with Crippen molar-refractivity contribution in [3.8, 4) is 0 Å². The molecule has 0 saturated carbocycles. The predicted octanol–water partition coefficient (Wildman–Crippen LogP) is 3.74. The van der Waals surface area contributed by atoms with Gasteiger partial charge < -0.3 is 5.11 Å². The van der Waals surface area contributed by atoms with E-state index in [0.29, 0.717) is 24.4 Å². The minimum atomic E-state index is -0.889. The van der Waals surface area contributed by atoms with Crippen LogP contribution in [0, 0.1) is 0 Å². The summed E-state index contributed by atoms with van der Waals surface area (Å²) in [7, 11) is 0. The Balaban J connectivity index is 1.71. The number of aromatic carboxylic acids is 1. The third kappa shape index (κ3) is 4.12. The Hall–Kier alpha value is -2.95. The van der Waals surface area contributed by atoms with Crippen molar-refractivity contribution in [2.75, 3.05) is 0 Å². The molecule has 0 unspecified atom stereocenters. The molecule has 0 bridgehead atoms. The first-order valence-corrected chi connectivity index (χ1v) is 8.31. The number of benzene rings is 2. The summed E-state index contributed by atoms with van der Waals surface area (Å²) in [5.41, 5.74) is 3.39. The molecule has 0 spiro atoms. The second-order valence-electron chi connectivity index (χ2n) is 6.41. The monoisotopic (exact) mass is 335 g/mol. The van der Waals surface area contributed by atoms with E-state index >= 15 is 0 Å². The lowest BCUT2D eigenvalue weighted by Gasteiger charge is -2.07. The number of carbonyl (C=O) groups is 1. The zero-order valence-electron chi connectivity index (χ0n) is 14.4. The fraction of sp³-hybridized carbons (Fsp3) is 0.250. The van der Waals surface area contributed by atoms with Crippen LogP contribution in [0.1, 0.15) is 52.6 Å². The molecule has 1 aromatic heterocycles. The molecule has 5 nitrogen and oxygen atoms in total. The smallest absolute Gasteiger partial charge is 0.335 e. The van der Waals surface area contributed by atoms with Gasteiger partial charge in [0.05, 0.1) is 12.1 Å². The molecule has 1 N–H and O–H groups in total. The molecular formula is C20H21N3O2. The predicted molar refractivity (Wildman–Crippen MR) is 95.9 cm³/mol. The average molecular weight is 335 g/mol. The fourth-order valence-corrected chi connectivity index (χ4v) is 2.70. The maximum absolute atomic E-state index is 11.3. The molecule has 0 aliphatic rings. The Morgan fingerprint density at radius 1 is 1.08 bits per heavy atom. The Labute approximate surface area is 147 Å². The summed E-state index contributed by atoms with van der Waals surface area (Å²) in [5, 5.41) is 13.7. The maximum atomic E-state index is 11.3. The van der Waals surface area contributed by atoms with Gasteiger partial charge in [-0.2, -0.15) is 5.10 Å². The van der Waals surface area contributed by atoms with Crippen LogP contribution in [0.3, 0.4) is 0 Å². The molecule has 0 radical (unpaired) electrons. The first-order valence-electron chi connectivity index (χ1n) is 8.31. The number of carboxylic acids is 1. The SMILES string of the molecule is CC(C)c1ncn(Cc2ccc(Cc3ccccc3C(=O)O)cc2)n1. The minimum absolute atomic E-state index is 0.318. The quantitative estimate of drug-likeness (QED) is 0.745. The van der Waals surface area contributed by atoms with E-state index in [9.17, 15) is 9.90 Å². The van der Waals surface area contributed by atoms with Crippen LogP contribution in [0.4, 0.5) is 0 Å². The summed E-state index contributed by atoms with van der Waals surface area (Å²) in [6.45, 7) is 4.82. The second-order valence-corrected chi connectivity index (χ2v) is 6.41. The first kappa shape index (κ1) is 16.9. The van der Waals surface area contributed by atoms with Gasteiger partial charge in [0.25, 0.3) is 0 Å². The lowest BCUT2D eigenvalue weighted by molar-refractivity contribution is 0.0696. The molecule has 3 rings (SSSR count). The van der Waals surface area contributed by atoms with Crippen molar-refractivity contribution >= 4 is 5.97 Å². The van der Waals surface area contributed by atoms with E-state index in [2.05, 4.69) is 36.1 Å². The number of nitrogens with zero attached hydrogens (tertiary/aromatic N) is 3. The van der Waals surface area contributed by atoms with Gasteiger partial charge in [0.2, 0.25) is 0 Å². The highest BCUT2D eigenvalue weighted by atomic mass is 16.4. The van der Waals surface area contributed by atoms with Gasteiger partial charge in [-0.3, -0.25) is 0 Å². The van der Waals surface area contributed by atoms with Crippen molar-refractivity contribution in [1.29, 1.82) is 0 Å². The number of rotatable bonds is 6. The Kier molecular flexibility index (Phi) is 4.93. The highest BCUT2D eigenvalue weighted by Crippen LogP contribution is 2.16. The zero-order valence-corrected chi connectivity index (χ0v) is 14.4. The van der Waals surface area contributed by atoms with Crippen LogP contribution in [0.5, 0.6) is 0 Å². The van der Waals surface area contributed by atoms with Crippen molar-refractivity contribution in [2.45, 2.75) is 32.7 Å². The highest BCUT2D eigenvalue weighted by Gasteiger charge is 2.10. The normalized spacial score (nSPS) is 11.0. The van der Waals surface area contributed by atoms with Crippen LogP contribution < -0.4 is 0 Å². The molecule has 0 atom stereocenters. The van der Waals surface area contributed by atoms with Crippen LogP contribution in [-0.2, 0) is 13.0 Å². The van der Waals surface area contributed by atoms with Gasteiger partial charge in [0, 0.05) is 5.92 Å². The third-order valence-electron chi connectivity index (χ3n) is 4.08. The van der Waals surface area contributed by atoms with E-state index in [1.807, 2.05) is 28.9 Å². The summed E-state index contributed by atoms with van der Waals surface area (Å²) in [6, 6.07) is 15.3. The van der Waals surface area contributed by atoms with Crippen LogP contribution in [0.2, 0.25) is 0 Å². The van der Waals surface area contributed by atoms with Gasteiger partial charge in [-0.15, -0.1) is 0 Å². The number of hydrogen-bond acceptors (Lipinski definition) is 3. The minimum Gasteiger partial charge on any atom is -0.478 e. The summed E-state index contributed by atoms with van der Waals surface area (Å²) in [4.78, 5) is 15.6. The van der Waals surface area contributed by atoms with E-state index in [1.165, 1.54) is 0 Å². The van der Waals surface area contributed by atoms with Gasteiger partial charge >= 0.3 is 5.97 Å². The molecule has 25 heavy (non-hydrogen) atoms. The van der Waals surface area contributed by atoms with E-state index < -0.39 is 5.97 Å². The molecule has 5 heteroatoms. The number of aromatic nitrogens is 3. The van der Waals surface area contributed by atoms with E-state index in [1.54, 1.807) is 18.5 Å². The lowest BCUT2D eigenvalue weighted by atomic mass is 9.99. The molecule has 0 fully saturated rings. The van der Waals surface area contributed by atoms with Crippen molar-refractivity contribution in [3.05, 3.63) is 82.9 Å². The number of hydrogen-bond donors (Lipinski definition) is 1. The van der Waals surface area contributed by atoms with Crippen LogP contribution in [0.25, 0.3) is 0 Å². The first-order chi connectivity index (χ1) is 12.0. The lowest BCUT2D eigenvalue weighted by Crippen LogP contribution is -2.03. The van der Waals surface area contributed by atoms with Crippen LogP contribution in [-0.4, -0.2) is 25.8 Å². The molecule has 1 heterocycles. The molecule has 3 aromatic rings. The Morgan fingerprint density at radius 3 is 2.40 bits per heavy atom. The summed E-state index contributed by atoms with van der Waals surface area (Å²) in [5.74, 6) is 0.277. The van der Waals surface area contributed by atoms with Crippen molar-refractivity contribution in [1.82, 2.24) is 14.8 Å². The van der Waals surface area contributed by atoms with Crippen LogP contribution >= 0.6 is 0 Å². The van der Waals surface area contributed by atoms with E-state index in [0.717, 1.165) is 22.5 Å². The van der Waals surface area contributed by atoms with Gasteiger partial charge in [-0.05, 0) is 29.2 Å². The van der Waals surface area contributed by atoms with Gasteiger partial charge in [0.1, 0.15) is 6.33 Å². The standard InChI is InChI=1S/C20H21N3O2/c1-14(2)19-21-13-23(22-19)12-16-9-7-15(8-10-16)11-17-5-3-4-6-18(17)20(24)25/h3-10,13-14H,11-12H2,1-2H3,(H,24,25). The van der Waals surface area contributed by atoms with E-state index in [-0.39, 0.29) is 0 Å². The van der Waals surface area contributed by atoms with E-state index in [4.69, 9.17) is 0 Å². The van der Waals surface area contributed by atoms with Crippen LogP contribution in [0.15, 0.2) is 54.9 Å². The molecular weight excluding hydrogens is 314 g/mol. The van der Waals surface area contributed by atoms with Gasteiger partial charge in [-0.1, -0.05) is 56.3 Å². The summed E-state index contributed by atoms with van der Waals surface area (Å²) in [6.07, 6.45) is 2.36. The van der Waals surface area contributed by atoms with Gasteiger partial charge in [0.15, 0.2) is 5.82 Å². The zero-order chi connectivity index (χ0) is 17.8. The van der Waals surface area contributed by atoms with Gasteiger partial charge in [-0.25, -0.2) is 14.5 Å². The Morgan fingerprint density at radius 2 is 1.76 bits per heavy atom. The van der Waals surface area contributed by atoms with Crippen molar-refractivity contribution < 1.29 is 9.90 Å². The summed E-state index contributed by atoms with van der Waals surface area (Å²) >= 11 is 0. The maximum Gasteiger partial charge on any atom is 0.335 e. The topological polar surface area (TPSA) is 68.0 Å². The molecule has 2 aromatic carbocycles. The Bertz CT molecular complexity index is 867. The molecule has 0 saturated heterocycles. The largest absolute Gasteiger partial charge is 0.478 e. The summed E-state index contributed by atoms with van der Waals surface area (Å²) < 4.78 is 1.84. The average Bonchev–Trinajstić information content (AvgIpc) is 3.06. The third-order valence-corrected chi connectivity index (χ3v) is 4.08. The second kappa shape index (κ2) is 7.30.